The molecule has 6 heteroatoms. The third-order valence-electron chi connectivity index (χ3n) is 4.79. The fraction of sp³-hybridized carbons (Fsp3) is 0.556. The molecular formula is C18H24FN3OS. The van der Waals surface area contributed by atoms with Crippen LogP contribution in [-0.4, -0.2) is 40.4 Å². The minimum atomic E-state index is -0.406. The molecule has 1 heterocycles. The minimum Gasteiger partial charge on any atom is -0.350 e. The van der Waals surface area contributed by atoms with Gasteiger partial charge in [-0.05, 0) is 25.0 Å². The lowest BCUT2D eigenvalue weighted by Crippen LogP contribution is -2.36. The van der Waals surface area contributed by atoms with Gasteiger partial charge in [0.2, 0.25) is 5.91 Å². The number of hydrogen-bond acceptors (Lipinski definition) is 3. The number of nitrogens with zero attached hydrogens (tertiary/aromatic N) is 2. The van der Waals surface area contributed by atoms with E-state index in [-0.39, 0.29) is 17.6 Å². The molecule has 1 saturated carbocycles. The van der Waals surface area contributed by atoms with Gasteiger partial charge in [0.05, 0.1) is 17.8 Å². The number of benzene rings is 1. The Hall–Kier alpha value is -1.56. The number of para-hydroxylation sites is 1. The van der Waals surface area contributed by atoms with Crippen molar-refractivity contribution in [1.29, 1.82) is 0 Å². The van der Waals surface area contributed by atoms with Crippen LogP contribution in [0.4, 0.5) is 10.1 Å². The number of carbonyl (C=O) groups is 1. The number of thioether (sulfide) groups is 1. The van der Waals surface area contributed by atoms with Crippen LogP contribution in [0.5, 0.6) is 0 Å². The lowest BCUT2D eigenvalue weighted by atomic mass is 10.1. The quantitative estimate of drug-likeness (QED) is 0.897. The molecule has 1 aliphatic heterocycles. The normalized spacial score (nSPS) is 26.3. The van der Waals surface area contributed by atoms with Crippen molar-refractivity contribution in [2.24, 2.45) is 4.99 Å². The number of nitrogens with one attached hydrogen (secondary N) is 1. The van der Waals surface area contributed by atoms with Crippen LogP contribution in [0.15, 0.2) is 29.3 Å². The van der Waals surface area contributed by atoms with Gasteiger partial charge in [0.1, 0.15) is 5.82 Å². The van der Waals surface area contributed by atoms with E-state index < -0.39 is 5.82 Å². The van der Waals surface area contributed by atoms with Crippen LogP contribution in [-0.2, 0) is 4.79 Å². The van der Waals surface area contributed by atoms with E-state index in [4.69, 9.17) is 4.99 Å². The summed E-state index contributed by atoms with van der Waals surface area (Å²) >= 11 is 1.74. The standard InChI is InChI=1S/C18H24FN3OS/c1-12-16(11-17(23)21-15-10-6-5-9-14(15)19)22(2)18(24-12)20-13-7-3-4-8-13/h5-6,9-10,12-13,16H,3-4,7-8,11H2,1-2H3,(H,21,23). The largest absolute Gasteiger partial charge is 0.350 e. The van der Waals surface area contributed by atoms with Gasteiger partial charge in [0, 0.05) is 18.7 Å². The van der Waals surface area contributed by atoms with Crippen LogP contribution in [0.25, 0.3) is 0 Å². The Bertz CT molecular complexity index is 630. The van der Waals surface area contributed by atoms with Gasteiger partial charge in [-0.1, -0.05) is 43.7 Å². The fourth-order valence-corrected chi connectivity index (χ4v) is 4.63. The molecule has 2 unspecified atom stereocenters. The van der Waals surface area contributed by atoms with Crippen LogP contribution in [0.3, 0.4) is 0 Å². The Labute approximate surface area is 146 Å². The van der Waals surface area contributed by atoms with Crippen LogP contribution in [0, 0.1) is 5.82 Å². The molecule has 1 N–H and O–H groups in total. The van der Waals surface area contributed by atoms with Crippen LogP contribution < -0.4 is 5.32 Å². The molecule has 0 radical (unpaired) electrons. The van der Waals surface area contributed by atoms with Gasteiger partial charge < -0.3 is 10.2 Å². The predicted octanol–water partition coefficient (Wildman–Crippen LogP) is 3.89. The summed E-state index contributed by atoms with van der Waals surface area (Å²) in [6.45, 7) is 2.12. The van der Waals surface area contributed by atoms with Gasteiger partial charge in [0.25, 0.3) is 0 Å². The molecular weight excluding hydrogens is 325 g/mol. The van der Waals surface area contributed by atoms with Gasteiger partial charge in [-0.3, -0.25) is 9.79 Å². The first-order chi connectivity index (χ1) is 11.5. The van der Waals surface area contributed by atoms with Gasteiger partial charge in [0.15, 0.2) is 5.17 Å². The van der Waals surface area contributed by atoms with Crippen molar-refractivity contribution in [3.63, 3.8) is 0 Å². The Morgan fingerprint density at radius 1 is 1.38 bits per heavy atom. The summed E-state index contributed by atoms with van der Waals surface area (Å²) in [7, 11) is 2.01. The number of rotatable bonds is 4. The second-order valence-electron chi connectivity index (χ2n) is 6.58. The van der Waals surface area contributed by atoms with Crippen molar-refractivity contribution < 1.29 is 9.18 Å². The average molecular weight is 349 g/mol. The van der Waals surface area contributed by atoms with Gasteiger partial charge in [-0.25, -0.2) is 4.39 Å². The SMILES string of the molecule is CC1SC(=NC2CCCC2)N(C)C1CC(=O)Nc1ccccc1F. The van der Waals surface area contributed by atoms with Crippen molar-refractivity contribution in [1.82, 2.24) is 4.90 Å². The highest BCUT2D eigenvalue weighted by Crippen LogP contribution is 2.34. The minimum absolute atomic E-state index is 0.0851. The van der Waals surface area contributed by atoms with E-state index in [2.05, 4.69) is 17.1 Å². The van der Waals surface area contributed by atoms with E-state index in [1.807, 2.05) is 7.05 Å². The molecule has 1 aromatic rings. The first-order valence-corrected chi connectivity index (χ1v) is 9.44. The van der Waals surface area contributed by atoms with Gasteiger partial charge in [-0.2, -0.15) is 0 Å². The molecule has 2 atom stereocenters. The summed E-state index contributed by atoms with van der Waals surface area (Å²) < 4.78 is 13.7. The third kappa shape index (κ3) is 3.91. The van der Waals surface area contributed by atoms with Gasteiger partial charge >= 0.3 is 0 Å². The zero-order valence-electron chi connectivity index (χ0n) is 14.2. The van der Waals surface area contributed by atoms with Crippen LogP contribution in [0.2, 0.25) is 0 Å². The smallest absolute Gasteiger partial charge is 0.226 e. The molecule has 4 nitrogen and oxygen atoms in total. The number of anilines is 1. The maximum atomic E-state index is 13.7. The molecule has 0 bridgehead atoms. The molecule has 0 aromatic heterocycles. The summed E-state index contributed by atoms with van der Waals surface area (Å²) in [5.74, 6) is -0.567. The Kier molecular flexibility index (Phi) is 5.43. The monoisotopic (exact) mass is 349 g/mol. The Balaban J connectivity index is 1.62. The second kappa shape index (κ2) is 7.55. The molecule has 130 valence electrons. The number of carbonyl (C=O) groups excluding carboxylic acids is 1. The number of aliphatic imine (C=N–C) groups is 1. The summed E-state index contributed by atoms with van der Waals surface area (Å²) in [6.07, 6.45) is 5.21. The Morgan fingerprint density at radius 2 is 2.08 bits per heavy atom. The van der Waals surface area contributed by atoms with Crippen molar-refractivity contribution in [2.45, 2.75) is 56.4 Å². The fourth-order valence-electron chi connectivity index (χ4n) is 3.35. The number of amidine groups is 1. The number of amides is 1. The molecule has 1 aromatic carbocycles. The molecule has 1 saturated heterocycles. The molecule has 3 rings (SSSR count). The molecule has 1 amide bonds. The van der Waals surface area contributed by atoms with E-state index in [9.17, 15) is 9.18 Å². The Morgan fingerprint density at radius 3 is 2.79 bits per heavy atom. The third-order valence-corrected chi connectivity index (χ3v) is 6.08. The zero-order chi connectivity index (χ0) is 17.1. The predicted molar refractivity (Wildman–Crippen MR) is 97.9 cm³/mol. The summed E-state index contributed by atoms with van der Waals surface area (Å²) in [4.78, 5) is 19.3. The molecule has 0 spiro atoms. The van der Waals surface area contributed by atoms with Crippen molar-refractivity contribution in [2.75, 3.05) is 12.4 Å². The summed E-state index contributed by atoms with van der Waals surface area (Å²) in [6, 6.07) is 6.78. The van der Waals surface area contributed by atoms with Crippen molar-refractivity contribution in [3.05, 3.63) is 30.1 Å². The first-order valence-electron chi connectivity index (χ1n) is 8.56. The van der Waals surface area contributed by atoms with Crippen molar-refractivity contribution >= 4 is 28.5 Å². The van der Waals surface area contributed by atoms with E-state index in [0.29, 0.717) is 17.7 Å². The highest BCUT2D eigenvalue weighted by atomic mass is 32.2. The van der Waals surface area contributed by atoms with E-state index >= 15 is 0 Å². The van der Waals surface area contributed by atoms with E-state index in [0.717, 1.165) is 5.17 Å². The molecule has 2 aliphatic rings. The van der Waals surface area contributed by atoms with Crippen LogP contribution in [0.1, 0.15) is 39.0 Å². The molecule has 24 heavy (non-hydrogen) atoms. The number of hydrogen-bond donors (Lipinski definition) is 1. The zero-order valence-corrected chi connectivity index (χ0v) is 15.0. The lowest BCUT2D eigenvalue weighted by molar-refractivity contribution is -0.117. The van der Waals surface area contributed by atoms with E-state index in [1.165, 1.54) is 31.7 Å². The number of halogens is 1. The molecule has 1 aliphatic carbocycles. The topological polar surface area (TPSA) is 44.7 Å². The van der Waals surface area contributed by atoms with E-state index in [1.54, 1.807) is 30.0 Å². The van der Waals surface area contributed by atoms with Gasteiger partial charge in [-0.15, -0.1) is 0 Å². The maximum absolute atomic E-state index is 13.7. The summed E-state index contributed by atoms with van der Waals surface area (Å²) in [5, 5.41) is 4.01. The first kappa shape index (κ1) is 17.3. The maximum Gasteiger partial charge on any atom is 0.226 e. The highest BCUT2D eigenvalue weighted by molar-refractivity contribution is 8.14. The second-order valence-corrected chi connectivity index (χ2v) is 7.93. The summed E-state index contributed by atoms with van der Waals surface area (Å²) in [5.41, 5.74) is 0.239. The molecule has 2 fully saturated rings. The highest BCUT2D eigenvalue weighted by Gasteiger charge is 2.36. The van der Waals surface area contributed by atoms with Crippen LogP contribution >= 0.6 is 11.8 Å². The average Bonchev–Trinajstić information content (AvgIpc) is 3.14. The lowest BCUT2D eigenvalue weighted by Gasteiger charge is -2.23. The van der Waals surface area contributed by atoms with Crippen molar-refractivity contribution in [3.8, 4) is 0 Å².